The van der Waals surface area contributed by atoms with Gasteiger partial charge in [0.1, 0.15) is 17.5 Å². The van der Waals surface area contributed by atoms with E-state index in [9.17, 15) is 4.79 Å². The molecule has 1 unspecified atom stereocenters. The van der Waals surface area contributed by atoms with E-state index in [1.807, 2.05) is 50.6 Å². The van der Waals surface area contributed by atoms with Gasteiger partial charge in [-0.3, -0.25) is 10.3 Å². The second-order valence-corrected chi connectivity index (χ2v) is 10.0. The van der Waals surface area contributed by atoms with E-state index in [4.69, 9.17) is 37.4 Å². The molecule has 1 N–H and O–H groups in total. The fourth-order valence-electron chi connectivity index (χ4n) is 3.89. The Morgan fingerprint density at radius 1 is 1.24 bits per heavy atom. The third-order valence-electron chi connectivity index (χ3n) is 5.34. The second-order valence-electron chi connectivity index (χ2n) is 9.20. The number of carbonyl (C=O) groups is 1. The van der Waals surface area contributed by atoms with Crippen LogP contribution in [0, 0.1) is 0 Å². The van der Waals surface area contributed by atoms with Gasteiger partial charge >= 0.3 is 6.09 Å². The standard InChI is InChI=1S/C24H28Cl2N4O4/c1-14(21-17(25)12-27-13-18(21)26)33-15-8-9-19-16(11-15)22(28-23(31)34-24(2,3)4)29-30(19)20-7-5-6-10-32-20/h8-9,11-14,20H,5-7,10H2,1-4H3,(H,28,29,31)/t14-,20?/m1/s1. The maximum Gasteiger partial charge on any atom is 0.413 e. The monoisotopic (exact) mass is 506 g/mol. The number of hydrogen-bond acceptors (Lipinski definition) is 6. The summed E-state index contributed by atoms with van der Waals surface area (Å²) in [5.74, 6) is 0.941. The Bertz CT molecular complexity index is 1170. The van der Waals surface area contributed by atoms with Crippen LogP contribution in [0.3, 0.4) is 0 Å². The zero-order valence-corrected chi connectivity index (χ0v) is 21.1. The average Bonchev–Trinajstić information content (AvgIpc) is 3.10. The molecule has 0 aliphatic carbocycles. The highest BCUT2D eigenvalue weighted by molar-refractivity contribution is 6.35. The van der Waals surface area contributed by atoms with Crippen molar-refractivity contribution >= 4 is 46.0 Å². The minimum Gasteiger partial charge on any atom is -0.486 e. The highest BCUT2D eigenvalue weighted by atomic mass is 35.5. The maximum atomic E-state index is 12.5. The summed E-state index contributed by atoms with van der Waals surface area (Å²) < 4.78 is 19.3. The van der Waals surface area contributed by atoms with Crippen LogP contribution in [0.15, 0.2) is 30.6 Å². The van der Waals surface area contributed by atoms with E-state index in [1.54, 1.807) is 0 Å². The summed E-state index contributed by atoms with van der Waals surface area (Å²) in [4.78, 5) is 16.5. The topological polar surface area (TPSA) is 87.5 Å². The Morgan fingerprint density at radius 3 is 2.62 bits per heavy atom. The zero-order valence-electron chi connectivity index (χ0n) is 19.6. The molecule has 3 aromatic rings. The third kappa shape index (κ3) is 5.56. The lowest BCUT2D eigenvalue weighted by atomic mass is 10.1. The molecule has 1 aliphatic rings. The maximum absolute atomic E-state index is 12.5. The van der Waals surface area contributed by atoms with Crippen LogP contribution in [0.2, 0.25) is 10.0 Å². The van der Waals surface area contributed by atoms with Crippen LogP contribution in [0.4, 0.5) is 10.6 Å². The molecule has 1 amide bonds. The van der Waals surface area contributed by atoms with Crippen molar-refractivity contribution in [3.8, 4) is 5.75 Å². The van der Waals surface area contributed by atoms with Crippen LogP contribution in [0.5, 0.6) is 5.75 Å². The van der Waals surface area contributed by atoms with E-state index < -0.39 is 17.8 Å². The first-order valence-corrected chi connectivity index (χ1v) is 12.0. The summed E-state index contributed by atoms with van der Waals surface area (Å²) >= 11 is 12.6. The van der Waals surface area contributed by atoms with Gasteiger partial charge in [-0.2, -0.15) is 5.10 Å². The van der Waals surface area contributed by atoms with Gasteiger partial charge in [0.05, 0.1) is 15.6 Å². The lowest BCUT2D eigenvalue weighted by molar-refractivity contribution is -0.0365. The van der Waals surface area contributed by atoms with Crippen LogP contribution in [0.25, 0.3) is 10.9 Å². The molecule has 0 saturated carbocycles. The second kappa shape index (κ2) is 9.98. The van der Waals surface area contributed by atoms with Crippen molar-refractivity contribution in [2.24, 2.45) is 0 Å². The number of anilines is 1. The Kier molecular flexibility index (Phi) is 7.21. The highest BCUT2D eigenvalue weighted by Gasteiger charge is 2.24. The van der Waals surface area contributed by atoms with Crippen molar-refractivity contribution in [1.29, 1.82) is 0 Å². The largest absolute Gasteiger partial charge is 0.486 e. The van der Waals surface area contributed by atoms with E-state index in [0.717, 1.165) is 24.8 Å². The van der Waals surface area contributed by atoms with Crippen LogP contribution in [-0.4, -0.2) is 33.1 Å². The van der Waals surface area contributed by atoms with Gasteiger partial charge in [0.25, 0.3) is 0 Å². The number of benzene rings is 1. The van der Waals surface area contributed by atoms with Gasteiger partial charge in [-0.1, -0.05) is 23.2 Å². The Labute approximate surface area is 208 Å². The van der Waals surface area contributed by atoms with E-state index in [-0.39, 0.29) is 6.23 Å². The molecule has 10 heteroatoms. The zero-order chi connectivity index (χ0) is 24.5. The number of hydrogen-bond donors (Lipinski definition) is 1. The summed E-state index contributed by atoms with van der Waals surface area (Å²) in [6.45, 7) is 7.95. The van der Waals surface area contributed by atoms with E-state index in [2.05, 4.69) is 15.4 Å². The molecule has 4 rings (SSSR count). The number of nitrogens with one attached hydrogen (secondary N) is 1. The van der Waals surface area contributed by atoms with Gasteiger partial charge in [-0.25, -0.2) is 9.48 Å². The first kappa shape index (κ1) is 24.6. The van der Waals surface area contributed by atoms with Gasteiger partial charge in [-0.05, 0) is 65.2 Å². The minimum absolute atomic E-state index is 0.203. The number of rotatable bonds is 5. The molecule has 0 radical (unpaired) electrons. The predicted octanol–water partition coefficient (Wildman–Crippen LogP) is 6.92. The lowest BCUT2D eigenvalue weighted by Crippen LogP contribution is -2.27. The molecule has 0 bridgehead atoms. The molecule has 182 valence electrons. The SMILES string of the molecule is C[C@@H](Oc1ccc2c(c1)c(NC(=O)OC(C)(C)C)nn2C1CCCCO1)c1c(Cl)cncc1Cl. The summed E-state index contributed by atoms with van der Waals surface area (Å²) in [7, 11) is 0. The number of carbonyl (C=O) groups excluding carboxylic acids is 1. The molecular weight excluding hydrogens is 479 g/mol. The summed E-state index contributed by atoms with van der Waals surface area (Å²) in [5, 5.41) is 9.00. The number of aromatic nitrogens is 3. The summed E-state index contributed by atoms with van der Waals surface area (Å²) in [6.07, 6.45) is 4.76. The van der Waals surface area contributed by atoms with Crippen molar-refractivity contribution < 1.29 is 19.0 Å². The summed E-state index contributed by atoms with van der Waals surface area (Å²) in [6, 6.07) is 5.58. The quantitative estimate of drug-likeness (QED) is 0.403. The lowest BCUT2D eigenvalue weighted by Gasteiger charge is -2.23. The molecular formula is C24H28Cl2N4O4. The van der Waals surface area contributed by atoms with Gasteiger partial charge in [0, 0.05) is 30.0 Å². The molecule has 0 spiro atoms. The molecule has 8 nitrogen and oxygen atoms in total. The van der Waals surface area contributed by atoms with E-state index in [1.165, 1.54) is 12.4 Å². The van der Waals surface area contributed by atoms with Crippen LogP contribution in [-0.2, 0) is 9.47 Å². The Morgan fingerprint density at radius 2 is 1.97 bits per heavy atom. The smallest absolute Gasteiger partial charge is 0.413 e. The third-order valence-corrected chi connectivity index (χ3v) is 5.94. The number of ether oxygens (including phenoxy) is 3. The first-order chi connectivity index (χ1) is 16.1. The molecule has 2 atom stereocenters. The van der Waals surface area contributed by atoms with Crippen molar-refractivity contribution in [1.82, 2.24) is 14.8 Å². The Balaban J connectivity index is 1.68. The van der Waals surface area contributed by atoms with E-state index >= 15 is 0 Å². The Hall–Kier alpha value is -2.55. The number of halogens is 2. The molecule has 1 aliphatic heterocycles. The van der Waals surface area contributed by atoms with Gasteiger partial charge < -0.3 is 14.2 Å². The van der Waals surface area contributed by atoms with Gasteiger partial charge in [-0.15, -0.1) is 0 Å². The first-order valence-electron chi connectivity index (χ1n) is 11.2. The van der Waals surface area contributed by atoms with Crippen molar-refractivity contribution in [3.63, 3.8) is 0 Å². The molecule has 1 saturated heterocycles. The van der Waals surface area contributed by atoms with Gasteiger partial charge in [0.15, 0.2) is 12.0 Å². The predicted molar refractivity (Wildman–Crippen MR) is 132 cm³/mol. The summed E-state index contributed by atoms with van der Waals surface area (Å²) in [5.41, 5.74) is 0.830. The normalized spacial score (nSPS) is 17.4. The molecule has 2 aromatic heterocycles. The average molecular weight is 507 g/mol. The van der Waals surface area contributed by atoms with Crippen LogP contribution >= 0.6 is 23.2 Å². The number of pyridine rings is 1. The van der Waals surface area contributed by atoms with Gasteiger partial charge in [0.2, 0.25) is 0 Å². The van der Waals surface area contributed by atoms with Crippen molar-refractivity contribution in [3.05, 3.63) is 46.2 Å². The number of nitrogens with zero attached hydrogens (tertiary/aromatic N) is 3. The van der Waals surface area contributed by atoms with Crippen molar-refractivity contribution in [2.75, 3.05) is 11.9 Å². The molecule has 1 aromatic carbocycles. The number of amides is 1. The number of fused-ring (bicyclic) bond motifs is 1. The minimum atomic E-state index is -0.637. The fraction of sp³-hybridized carbons (Fsp3) is 0.458. The van der Waals surface area contributed by atoms with Crippen LogP contribution in [0.1, 0.15) is 64.9 Å². The molecule has 3 heterocycles. The van der Waals surface area contributed by atoms with Crippen molar-refractivity contribution in [2.45, 2.75) is 64.9 Å². The fourth-order valence-corrected chi connectivity index (χ4v) is 4.57. The highest BCUT2D eigenvalue weighted by Crippen LogP contribution is 2.36. The molecule has 1 fully saturated rings. The molecule has 34 heavy (non-hydrogen) atoms. The van der Waals surface area contributed by atoms with Crippen LogP contribution < -0.4 is 10.1 Å². The van der Waals surface area contributed by atoms with E-state index in [0.29, 0.717) is 39.2 Å².